The number of benzene rings is 1. The van der Waals surface area contributed by atoms with Crippen LogP contribution < -0.4 is 10.1 Å². The fourth-order valence-corrected chi connectivity index (χ4v) is 2.50. The highest BCUT2D eigenvalue weighted by Crippen LogP contribution is 2.30. The molecule has 1 aromatic carbocycles. The number of carbonyl (C=O) groups is 2. The lowest BCUT2D eigenvalue weighted by molar-refractivity contribution is -0.145. The number of carbonyl (C=O) groups excluding carboxylic acids is 2. The molecule has 23 heavy (non-hydrogen) atoms. The van der Waals surface area contributed by atoms with E-state index in [1.165, 1.54) is 6.08 Å². The molecule has 0 fully saturated rings. The summed E-state index contributed by atoms with van der Waals surface area (Å²) in [6.07, 6.45) is 1.50. The van der Waals surface area contributed by atoms with Gasteiger partial charge in [-0.15, -0.1) is 0 Å². The Morgan fingerprint density at radius 1 is 1.48 bits per heavy atom. The van der Waals surface area contributed by atoms with Crippen LogP contribution in [-0.4, -0.2) is 30.9 Å². The normalized spacial score (nSPS) is 20.3. The van der Waals surface area contributed by atoms with Gasteiger partial charge in [-0.05, 0) is 31.5 Å². The van der Waals surface area contributed by atoms with Crippen LogP contribution in [0.1, 0.15) is 25.5 Å². The van der Waals surface area contributed by atoms with Gasteiger partial charge in [0, 0.05) is 5.71 Å². The van der Waals surface area contributed by atoms with Crippen LogP contribution in [-0.2, 0) is 9.53 Å². The highest BCUT2D eigenvalue weighted by atomic mass is 16.5. The SMILES string of the molecule is C=CCOC(=O)C1C(C)=NC(=O)NC1c1cccc(OCC)c1. The smallest absolute Gasteiger partial charge is 0.341 e. The van der Waals surface area contributed by atoms with E-state index in [-0.39, 0.29) is 6.61 Å². The molecule has 0 aromatic heterocycles. The first kappa shape index (κ1) is 16.7. The van der Waals surface area contributed by atoms with E-state index in [0.717, 1.165) is 5.56 Å². The number of ether oxygens (including phenoxy) is 2. The van der Waals surface area contributed by atoms with E-state index in [2.05, 4.69) is 16.9 Å². The Hall–Kier alpha value is -2.63. The molecule has 1 heterocycles. The minimum atomic E-state index is -0.676. The third-order valence-corrected chi connectivity index (χ3v) is 3.47. The number of aliphatic imine (C=N–C) groups is 1. The third kappa shape index (κ3) is 3.97. The summed E-state index contributed by atoms with van der Waals surface area (Å²) in [6.45, 7) is 7.71. The van der Waals surface area contributed by atoms with Crippen LogP contribution >= 0.6 is 0 Å². The average molecular weight is 316 g/mol. The Labute approximate surface area is 135 Å². The molecule has 0 bridgehead atoms. The number of rotatable bonds is 6. The van der Waals surface area contributed by atoms with Crippen molar-refractivity contribution in [3.8, 4) is 5.75 Å². The summed E-state index contributed by atoms with van der Waals surface area (Å²) >= 11 is 0. The summed E-state index contributed by atoms with van der Waals surface area (Å²) < 4.78 is 10.6. The van der Waals surface area contributed by atoms with E-state index in [9.17, 15) is 9.59 Å². The van der Waals surface area contributed by atoms with E-state index in [1.807, 2.05) is 25.1 Å². The Balaban J connectivity index is 2.34. The monoisotopic (exact) mass is 316 g/mol. The number of hydrogen-bond donors (Lipinski definition) is 1. The van der Waals surface area contributed by atoms with E-state index in [0.29, 0.717) is 18.1 Å². The summed E-state index contributed by atoms with van der Waals surface area (Å²) in [7, 11) is 0. The van der Waals surface area contributed by atoms with Gasteiger partial charge in [-0.3, -0.25) is 4.79 Å². The van der Waals surface area contributed by atoms with Gasteiger partial charge in [0.2, 0.25) is 0 Å². The van der Waals surface area contributed by atoms with Crippen molar-refractivity contribution in [2.75, 3.05) is 13.2 Å². The number of urea groups is 1. The van der Waals surface area contributed by atoms with E-state index >= 15 is 0 Å². The molecule has 0 aliphatic carbocycles. The molecule has 0 saturated carbocycles. The molecule has 2 amide bonds. The van der Waals surface area contributed by atoms with E-state index in [4.69, 9.17) is 9.47 Å². The molecular weight excluding hydrogens is 296 g/mol. The summed E-state index contributed by atoms with van der Waals surface area (Å²) in [4.78, 5) is 27.9. The zero-order valence-corrected chi connectivity index (χ0v) is 13.2. The van der Waals surface area contributed by atoms with Crippen molar-refractivity contribution in [3.05, 3.63) is 42.5 Å². The standard InChI is InChI=1S/C17H20N2O4/c1-4-9-23-16(20)14-11(3)18-17(21)19-15(14)12-7-6-8-13(10-12)22-5-2/h4,6-8,10,14-15H,1,5,9H2,2-3H3,(H,19,21). The molecule has 1 aliphatic rings. The van der Waals surface area contributed by atoms with E-state index in [1.54, 1.807) is 13.0 Å². The van der Waals surface area contributed by atoms with Gasteiger partial charge in [-0.1, -0.05) is 24.8 Å². The molecule has 0 radical (unpaired) electrons. The van der Waals surface area contributed by atoms with Crippen LogP contribution in [0.15, 0.2) is 41.9 Å². The molecule has 6 heteroatoms. The van der Waals surface area contributed by atoms with Crippen LogP contribution in [0.2, 0.25) is 0 Å². The number of amides is 2. The van der Waals surface area contributed by atoms with Crippen molar-refractivity contribution < 1.29 is 19.1 Å². The summed E-state index contributed by atoms with van der Waals surface area (Å²) in [5, 5.41) is 2.73. The van der Waals surface area contributed by atoms with E-state index < -0.39 is 24.0 Å². The topological polar surface area (TPSA) is 77.0 Å². The van der Waals surface area contributed by atoms with Gasteiger partial charge in [0.15, 0.2) is 0 Å². The van der Waals surface area contributed by atoms with Crippen LogP contribution in [0.3, 0.4) is 0 Å². The van der Waals surface area contributed by atoms with Gasteiger partial charge in [0.1, 0.15) is 18.3 Å². The Morgan fingerprint density at radius 3 is 2.96 bits per heavy atom. The quantitative estimate of drug-likeness (QED) is 0.646. The van der Waals surface area contributed by atoms with Crippen molar-refractivity contribution in [3.63, 3.8) is 0 Å². The Kier molecular flexibility index (Phi) is 5.51. The lowest BCUT2D eigenvalue weighted by Crippen LogP contribution is -2.44. The van der Waals surface area contributed by atoms with Gasteiger partial charge in [-0.25, -0.2) is 9.79 Å². The van der Waals surface area contributed by atoms with Crippen molar-refractivity contribution >= 4 is 17.7 Å². The molecule has 1 aromatic rings. The molecule has 2 unspecified atom stereocenters. The zero-order chi connectivity index (χ0) is 16.8. The second-order valence-electron chi connectivity index (χ2n) is 5.08. The largest absolute Gasteiger partial charge is 0.494 e. The molecular formula is C17H20N2O4. The Morgan fingerprint density at radius 2 is 2.26 bits per heavy atom. The predicted molar refractivity (Wildman–Crippen MR) is 86.6 cm³/mol. The fourth-order valence-electron chi connectivity index (χ4n) is 2.50. The van der Waals surface area contributed by atoms with Gasteiger partial charge in [0.05, 0.1) is 12.6 Å². The number of hydrogen-bond acceptors (Lipinski definition) is 4. The van der Waals surface area contributed by atoms with Gasteiger partial charge in [0.25, 0.3) is 0 Å². The number of nitrogens with zero attached hydrogens (tertiary/aromatic N) is 1. The fraction of sp³-hybridized carbons (Fsp3) is 0.353. The highest BCUT2D eigenvalue weighted by Gasteiger charge is 2.38. The second kappa shape index (κ2) is 7.58. The lowest BCUT2D eigenvalue weighted by Gasteiger charge is -2.29. The maximum atomic E-state index is 12.3. The van der Waals surface area contributed by atoms with Crippen molar-refractivity contribution in [1.82, 2.24) is 5.32 Å². The summed E-state index contributed by atoms with van der Waals surface area (Å²) in [6, 6.07) is 6.27. The zero-order valence-electron chi connectivity index (χ0n) is 13.2. The Bertz CT molecular complexity index is 639. The molecule has 1 N–H and O–H groups in total. The first-order valence-corrected chi connectivity index (χ1v) is 7.42. The first-order valence-electron chi connectivity index (χ1n) is 7.42. The predicted octanol–water partition coefficient (Wildman–Crippen LogP) is 2.66. The van der Waals surface area contributed by atoms with Crippen LogP contribution in [0.25, 0.3) is 0 Å². The lowest BCUT2D eigenvalue weighted by atomic mass is 9.88. The van der Waals surface area contributed by atoms with Crippen molar-refractivity contribution in [2.24, 2.45) is 10.9 Å². The summed E-state index contributed by atoms with van der Waals surface area (Å²) in [5.41, 5.74) is 1.19. The van der Waals surface area contributed by atoms with Gasteiger partial charge < -0.3 is 14.8 Å². The first-order chi connectivity index (χ1) is 11.1. The van der Waals surface area contributed by atoms with Crippen LogP contribution in [0, 0.1) is 5.92 Å². The molecule has 1 aliphatic heterocycles. The molecule has 0 spiro atoms. The van der Waals surface area contributed by atoms with Crippen molar-refractivity contribution in [1.29, 1.82) is 0 Å². The van der Waals surface area contributed by atoms with Gasteiger partial charge >= 0.3 is 12.0 Å². The molecule has 2 rings (SSSR count). The molecule has 0 saturated heterocycles. The summed E-state index contributed by atoms with van der Waals surface area (Å²) in [5.74, 6) is -0.444. The minimum absolute atomic E-state index is 0.113. The number of esters is 1. The van der Waals surface area contributed by atoms with Gasteiger partial charge in [-0.2, -0.15) is 0 Å². The van der Waals surface area contributed by atoms with Crippen LogP contribution in [0.5, 0.6) is 5.75 Å². The highest BCUT2D eigenvalue weighted by molar-refractivity contribution is 6.08. The molecule has 2 atom stereocenters. The molecule has 6 nitrogen and oxygen atoms in total. The maximum absolute atomic E-state index is 12.3. The maximum Gasteiger partial charge on any atom is 0.341 e. The minimum Gasteiger partial charge on any atom is -0.494 e. The van der Waals surface area contributed by atoms with Crippen LogP contribution in [0.4, 0.5) is 4.79 Å². The second-order valence-corrected chi connectivity index (χ2v) is 5.08. The molecule has 122 valence electrons. The average Bonchev–Trinajstić information content (AvgIpc) is 2.52. The van der Waals surface area contributed by atoms with Crippen molar-refractivity contribution in [2.45, 2.75) is 19.9 Å². The number of nitrogens with one attached hydrogen (secondary N) is 1. The third-order valence-electron chi connectivity index (χ3n) is 3.47.